The zero-order chi connectivity index (χ0) is 16.2. The van der Waals surface area contributed by atoms with Crippen molar-refractivity contribution in [3.8, 4) is 0 Å². The molecule has 112 valence electrons. The Morgan fingerprint density at radius 3 is 2.57 bits per heavy atom. The van der Waals surface area contributed by atoms with Crippen LogP contribution in [0.2, 0.25) is 0 Å². The van der Waals surface area contributed by atoms with E-state index < -0.39 is 17.9 Å². The quantitative estimate of drug-likeness (QED) is 0.398. The molecule has 1 aliphatic rings. The van der Waals surface area contributed by atoms with Crippen molar-refractivity contribution in [1.82, 2.24) is 0 Å². The molecule has 2 aromatic rings. The number of amides is 2. The van der Waals surface area contributed by atoms with Crippen molar-refractivity contribution >= 4 is 23.2 Å². The molecule has 0 fully saturated rings. The molecule has 0 aromatic heterocycles. The lowest BCUT2D eigenvalue weighted by atomic mass is 10.0. The number of nitrogens with one attached hydrogen (secondary N) is 1. The zero-order valence-corrected chi connectivity index (χ0v) is 11.9. The van der Waals surface area contributed by atoms with E-state index >= 15 is 0 Å². The number of benzene rings is 2. The van der Waals surface area contributed by atoms with E-state index in [1.165, 1.54) is 0 Å². The Hall–Kier alpha value is -3.44. The van der Waals surface area contributed by atoms with E-state index in [1.54, 1.807) is 12.1 Å². The van der Waals surface area contributed by atoms with Gasteiger partial charge in [0.05, 0.1) is 11.4 Å². The number of para-hydroxylation sites is 1. The summed E-state index contributed by atoms with van der Waals surface area (Å²) in [7, 11) is 0. The summed E-state index contributed by atoms with van der Waals surface area (Å²) in [5.74, 6) is -1.56. The number of fused-ring (bicyclic) bond motifs is 1. The van der Waals surface area contributed by atoms with Crippen LogP contribution in [0, 0.1) is 0 Å². The van der Waals surface area contributed by atoms with Gasteiger partial charge < -0.3 is 5.32 Å². The largest absolute Gasteiger partial charge is 0.323 e. The van der Waals surface area contributed by atoms with Crippen LogP contribution in [0.4, 0.5) is 5.69 Å². The summed E-state index contributed by atoms with van der Waals surface area (Å²) >= 11 is 0. The number of carbonyl (C=O) groups is 2. The number of anilines is 1. The molecule has 7 nitrogen and oxygen atoms in total. The van der Waals surface area contributed by atoms with E-state index in [0.717, 1.165) is 5.56 Å². The minimum atomic E-state index is -1.41. The molecule has 2 amide bonds. The van der Waals surface area contributed by atoms with Crippen LogP contribution in [0.3, 0.4) is 0 Å². The number of rotatable bonds is 2. The summed E-state index contributed by atoms with van der Waals surface area (Å²) in [5.41, 5.74) is 10.9. The smallest absolute Gasteiger partial charge is 0.257 e. The number of benzodiazepines with no additional fused rings is 1. The van der Waals surface area contributed by atoms with Gasteiger partial charge in [-0.3, -0.25) is 14.6 Å². The Labute approximate surface area is 131 Å². The monoisotopic (exact) mass is 305 g/mol. The summed E-state index contributed by atoms with van der Waals surface area (Å²) < 4.78 is 0. The van der Waals surface area contributed by atoms with E-state index in [9.17, 15) is 9.59 Å². The van der Waals surface area contributed by atoms with Crippen molar-refractivity contribution in [2.45, 2.75) is 6.04 Å². The second kappa shape index (κ2) is 6.13. The third-order valence-corrected chi connectivity index (χ3v) is 3.37. The van der Waals surface area contributed by atoms with Gasteiger partial charge in [-0.05, 0) is 16.7 Å². The Kier molecular flexibility index (Phi) is 3.86. The molecule has 0 saturated carbocycles. The van der Waals surface area contributed by atoms with Crippen molar-refractivity contribution in [2.24, 2.45) is 10.1 Å². The SMILES string of the molecule is [N-]=[N+]=NC(=O)[C@@H]1N=C(c2ccccc2)c2ccccc2NC1=O. The van der Waals surface area contributed by atoms with E-state index in [-0.39, 0.29) is 0 Å². The number of azide groups is 1. The first kappa shape index (κ1) is 14.5. The Bertz CT molecular complexity index is 854. The summed E-state index contributed by atoms with van der Waals surface area (Å²) in [6, 6.07) is 14.9. The van der Waals surface area contributed by atoms with E-state index in [4.69, 9.17) is 5.53 Å². The minimum absolute atomic E-state index is 0.492. The van der Waals surface area contributed by atoms with Crippen molar-refractivity contribution in [2.75, 3.05) is 5.32 Å². The van der Waals surface area contributed by atoms with E-state index in [1.807, 2.05) is 42.5 Å². The van der Waals surface area contributed by atoms with Crippen molar-refractivity contribution in [1.29, 1.82) is 0 Å². The molecule has 0 saturated heterocycles. The number of aliphatic imine (C=N–C) groups is 1. The molecule has 0 unspecified atom stereocenters. The highest BCUT2D eigenvalue weighted by Crippen LogP contribution is 2.24. The van der Waals surface area contributed by atoms with Gasteiger partial charge in [-0.1, -0.05) is 48.5 Å². The molecular formula is C16H11N5O2. The first-order chi connectivity index (χ1) is 11.2. The maximum absolute atomic E-state index is 12.2. The maximum atomic E-state index is 12.2. The van der Waals surface area contributed by atoms with Crippen molar-refractivity contribution in [3.63, 3.8) is 0 Å². The van der Waals surface area contributed by atoms with Gasteiger partial charge >= 0.3 is 0 Å². The topological polar surface area (TPSA) is 107 Å². The zero-order valence-electron chi connectivity index (χ0n) is 11.9. The summed E-state index contributed by atoms with van der Waals surface area (Å²) in [6.45, 7) is 0. The number of nitrogens with zero attached hydrogens (tertiary/aromatic N) is 4. The molecule has 2 aromatic carbocycles. The fraction of sp³-hybridized carbons (Fsp3) is 0.0625. The summed E-state index contributed by atoms with van der Waals surface area (Å²) in [4.78, 5) is 30.9. The molecule has 0 bridgehead atoms. The van der Waals surface area contributed by atoms with E-state index in [2.05, 4.69) is 20.3 Å². The molecular weight excluding hydrogens is 294 g/mol. The predicted molar refractivity (Wildman–Crippen MR) is 85.1 cm³/mol. The van der Waals surface area contributed by atoms with Crippen LogP contribution in [-0.2, 0) is 9.59 Å². The van der Waals surface area contributed by atoms with Gasteiger partial charge in [0.25, 0.3) is 11.8 Å². The van der Waals surface area contributed by atoms with Crippen LogP contribution >= 0.6 is 0 Å². The lowest BCUT2D eigenvalue weighted by molar-refractivity contribution is -0.126. The normalized spacial score (nSPS) is 16.3. The van der Waals surface area contributed by atoms with Crippen molar-refractivity contribution in [3.05, 3.63) is 76.2 Å². The Morgan fingerprint density at radius 2 is 1.83 bits per heavy atom. The first-order valence-corrected chi connectivity index (χ1v) is 6.83. The lowest BCUT2D eigenvalue weighted by Crippen LogP contribution is -2.31. The number of hydrogen-bond acceptors (Lipinski definition) is 3. The Balaban J connectivity index is 2.20. The highest BCUT2D eigenvalue weighted by Gasteiger charge is 2.30. The molecule has 1 N–H and O–H groups in total. The average Bonchev–Trinajstić information content (AvgIpc) is 2.72. The average molecular weight is 305 g/mol. The summed E-state index contributed by atoms with van der Waals surface area (Å²) in [6.07, 6.45) is 0. The number of hydrogen-bond donors (Lipinski definition) is 1. The van der Waals surface area contributed by atoms with Gasteiger partial charge in [-0.2, -0.15) is 0 Å². The summed E-state index contributed by atoms with van der Waals surface area (Å²) in [5, 5.41) is 5.66. The third kappa shape index (κ3) is 2.81. The van der Waals surface area contributed by atoms with Crippen LogP contribution in [0.1, 0.15) is 11.1 Å². The van der Waals surface area contributed by atoms with E-state index in [0.29, 0.717) is 17.0 Å². The minimum Gasteiger partial charge on any atom is -0.323 e. The number of carbonyl (C=O) groups excluding carboxylic acids is 2. The van der Waals surface area contributed by atoms with Crippen LogP contribution in [0.5, 0.6) is 0 Å². The molecule has 0 radical (unpaired) electrons. The molecule has 0 aliphatic carbocycles. The van der Waals surface area contributed by atoms with Crippen LogP contribution in [0.15, 0.2) is 64.7 Å². The molecule has 3 rings (SSSR count). The van der Waals surface area contributed by atoms with Gasteiger partial charge in [0.1, 0.15) is 0 Å². The van der Waals surface area contributed by atoms with Crippen LogP contribution < -0.4 is 5.32 Å². The highest BCUT2D eigenvalue weighted by molar-refractivity contribution is 6.23. The Morgan fingerprint density at radius 1 is 1.13 bits per heavy atom. The van der Waals surface area contributed by atoms with Crippen LogP contribution in [-0.4, -0.2) is 23.6 Å². The van der Waals surface area contributed by atoms with Gasteiger partial charge in [-0.15, -0.1) is 0 Å². The van der Waals surface area contributed by atoms with Gasteiger partial charge in [0.15, 0.2) is 6.04 Å². The molecule has 1 aliphatic heterocycles. The third-order valence-electron chi connectivity index (χ3n) is 3.37. The fourth-order valence-electron chi connectivity index (χ4n) is 2.35. The second-order valence-electron chi connectivity index (χ2n) is 4.81. The molecule has 1 heterocycles. The first-order valence-electron chi connectivity index (χ1n) is 6.83. The molecule has 0 spiro atoms. The lowest BCUT2D eigenvalue weighted by Gasteiger charge is -2.09. The highest BCUT2D eigenvalue weighted by atomic mass is 16.2. The standard InChI is InChI=1S/C16H11N5O2/c17-21-20-16(23)14-15(22)18-12-9-5-4-8-11(12)13(19-14)10-6-2-1-3-7-10/h1-9,14H,(H,18,22)/t14-/m1/s1. The van der Waals surface area contributed by atoms with Crippen molar-refractivity contribution < 1.29 is 9.59 Å². The van der Waals surface area contributed by atoms with Gasteiger partial charge in [0, 0.05) is 16.0 Å². The second-order valence-corrected chi connectivity index (χ2v) is 4.81. The predicted octanol–water partition coefficient (Wildman–Crippen LogP) is 2.68. The molecule has 23 heavy (non-hydrogen) atoms. The molecule has 1 atom stereocenters. The van der Waals surface area contributed by atoms with Gasteiger partial charge in [-0.25, -0.2) is 0 Å². The van der Waals surface area contributed by atoms with Crippen LogP contribution in [0.25, 0.3) is 10.4 Å². The maximum Gasteiger partial charge on any atom is 0.257 e. The fourth-order valence-corrected chi connectivity index (χ4v) is 2.35. The van der Waals surface area contributed by atoms with Gasteiger partial charge in [0.2, 0.25) is 0 Å². The molecule has 7 heteroatoms.